The number of carbonyl (C=O) groups excluding carboxylic acids is 2. The number of nitrogens with zero attached hydrogens (tertiary/aromatic N) is 4. The van der Waals surface area contributed by atoms with Crippen LogP contribution in [0.4, 0.5) is 21.7 Å². The van der Waals surface area contributed by atoms with Gasteiger partial charge < -0.3 is 10.6 Å². The summed E-state index contributed by atoms with van der Waals surface area (Å²) in [4.78, 5) is 31.7. The number of hydrogen-bond acceptors (Lipinski definition) is 10. The van der Waals surface area contributed by atoms with Gasteiger partial charge in [0.1, 0.15) is 24.2 Å². The fraction of sp³-hybridized carbons (Fsp3) is 0.448. The number of phosphoric acid groups is 1. The van der Waals surface area contributed by atoms with Gasteiger partial charge in [0.25, 0.3) is 5.91 Å². The van der Waals surface area contributed by atoms with Gasteiger partial charge in [0, 0.05) is 28.3 Å². The van der Waals surface area contributed by atoms with Gasteiger partial charge in [-0.3, -0.25) is 28.1 Å². The summed E-state index contributed by atoms with van der Waals surface area (Å²) in [5, 5.41) is 11.1. The lowest BCUT2D eigenvalue weighted by molar-refractivity contribution is -0.141. The summed E-state index contributed by atoms with van der Waals surface area (Å²) in [5.41, 5.74) is -0.654. The van der Waals surface area contributed by atoms with Crippen molar-refractivity contribution in [2.24, 2.45) is 0 Å². The first-order chi connectivity index (χ1) is 20.5. The van der Waals surface area contributed by atoms with Gasteiger partial charge in [-0.05, 0) is 78.7 Å². The van der Waals surface area contributed by atoms with Crippen molar-refractivity contribution in [3.05, 3.63) is 52.4 Å². The van der Waals surface area contributed by atoms with Crippen LogP contribution in [-0.2, 0) is 27.7 Å². The van der Waals surface area contributed by atoms with Gasteiger partial charge >= 0.3 is 7.82 Å². The molecule has 236 valence electrons. The Bertz CT molecular complexity index is 1670. The first-order valence-electron chi connectivity index (χ1n) is 14.1. The molecule has 1 aromatic carbocycles. The molecule has 2 aliphatic rings. The molecule has 0 radical (unpaired) electrons. The average Bonchev–Trinajstić information content (AvgIpc) is 3.54. The maximum atomic E-state index is 14.5. The normalized spacial score (nSPS) is 17.3. The van der Waals surface area contributed by atoms with E-state index in [1.165, 1.54) is 30.5 Å². The molecule has 2 amide bonds. The second kappa shape index (κ2) is 11.9. The highest BCUT2D eigenvalue weighted by Crippen LogP contribution is 2.55. The zero-order chi connectivity index (χ0) is 32.0. The molecular weight excluding hydrogens is 614 g/mol. The van der Waals surface area contributed by atoms with Crippen molar-refractivity contribution in [3.63, 3.8) is 0 Å². The molecule has 0 spiro atoms. The van der Waals surface area contributed by atoms with Gasteiger partial charge in [0.2, 0.25) is 5.91 Å². The number of anilines is 3. The minimum Gasteiger partial charge on any atom is -0.367 e. The van der Waals surface area contributed by atoms with Crippen LogP contribution in [0.3, 0.4) is 0 Å². The number of hydrogen-bond donors (Lipinski definition) is 2. The predicted octanol–water partition coefficient (Wildman–Crippen LogP) is 6.69. The molecule has 5 rings (SSSR count). The molecule has 44 heavy (non-hydrogen) atoms. The second-order valence-electron chi connectivity index (χ2n) is 12.6. The molecule has 0 atom stereocenters. The van der Waals surface area contributed by atoms with Crippen molar-refractivity contribution in [2.75, 3.05) is 17.4 Å². The van der Waals surface area contributed by atoms with E-state index in [2.05, 4.69) is 20.7 Å². The minimum absolute atomic E-state index is 0.140. The standard InChI is InChI=1S/C29H35ClFN6O6P/c1-28(2,3)42-44(40,43-29(4,5)6)41-16-36-25(38)12-17(27(36)39)11-18-15-32-37-24(33-20-8-9-20)14-23(35-26(18)37)34-22-13-19(30)7-10-21(22)31/h7,10-11,13-15,20,33H,8-9,12,16H2,1-6H3,(H,34,35). The van der Waals surface area contributed by atoms with Crippen molar-refractivity contribution in [3.8, 4) is 0 Å². The number of carbonyl (C=O) groups is 2. The van der Waals surface area contributed by atoms with Gasteiger partial charge in [-0.2, -0.15) is 9.61 Å². The van der Waals surface area contributed by atoms with Crippen LogP contribution in [0.2, 0.25) is 5.02 Å². The SMILES string of the molecule is CC(C)(C)OP(=O)(OCN1C(=O)CC(=Cc2cnn3c(NC4CC4)cc(Nc4cc(Cl)ccc4F)nc23)C1=O)OC(C)(C)C. The number of phosphoric ester groups is 1. The van der Waals surface area contributed by atoms with E-state index in [0.717, 1.165) is 17.7 Å². The first-order valence-corrected chi connectivity index (χ1v) is 15.9. The third-order valence-electron chi connectivity index (χ3n) is 6.23. The molecule has 12 nitrogen and oxygen atoms in total. The monoisotopic (exact) mass is 648 g/mol. The van der Waals surface area contributed by atoms with E-state index in [0.29, 0.717) is 27.9 Å². The van der Waals surface area contributed by atoms with E-state index >= 15 is 0 Å². The predicted molar refractivity (Wildman–Crippen MR) is 164 cm³/mol. The summed E-state index contributed by atoms with van der Waals surface area (Å²) in [5.74, 6) is -0.743. The van der Waals surface area contributed by atoms with E-state index in [4.69, 9.17) is 25.2 Å². The Morgan fingerprint density at radius 1 is 1.11 bits per heavy atom. The molecule has 1 saturated heterocycles. The van der Waals surface area contributed by atoms with E-state index in [-0.39, 0.29) is 23.7 Å². The van der Waals surface area contributed by atoms with Gasteiger partial charge in [-0.15, -0.1) is 0 Å². The number of nitrogens with one attached hydrogen (secondary N) is 2. The average molecular weight is 649 g/mol. The first kappa shape index (κ1) is 32.1. The van der Waals surface area contributed by atoms with Crippen LogP contribution in [0.15, 0.2) is 36.0 Å². The smallest absolute Gasteiger partial charge is 0.367 e. The number of fused-ring (bicyclic) bond motifs is 1. The Kier molecular flexibility index (Phi) is 8.65. The molecule has 2 fully saturated rings. The summed E-state index contributed by atoms with van der Waals surface area (Å²) >= 11 is 6.07. The molecule has 2 N–H and O–H groups in total. The summed E-state index contributed by atoms with van der Waals surface area (Å²) in [6.45, 7) is 9.48. The lowest BCUT2D eigenvalue weighted by Crippen LogP contribution is -2.33. The van der Waals surface area contributed by atoms with Crippen LogP contribution in [0.5, 0.6) is 0 Å². The fourth-order valence-corrected chi connectivity index (χ4v) is 6.25. The highest BCUT2D eigenvalue weighted by molar-refractivity contribution is 7.48. The number of halogens is 2. The molecule has 15 heteroatoms. The summed E-state index contributed by atoms with van der Waals surface area (Å²) in [6, 6.07) is 6.13. The van der Waals surface area contributed by atoms with Crippen molar-refractivity contribution >= 4 is 60.3 Å². The molecule has 0 unspecified atom stereocenters. The Labute approximate surface area is 259 Å². The highest BCUT2D eigenvalue weighted by Gasteiger charge is 2.41. The lowest BCUT2D eigenvalue weighted by Gasteiger charge is -2.31. The van der Waals surface area contributed by atoms with Crippen LogP contribution < -0.4 is 10.6 Å². The third-order valence-corrected chi connectivity index (χ3v) is 8.44. The zero-order valence-electron chi connectivity index (χ0n) is 25.3. The highest BCUT2D eigenvalue weighted by atomic mass is 35.5. The molecular formula is C29H35ClFN6O6P. The quantitative estimate of drug-likeness (QED) is 0.139. The molecule has 3 aromatic rings. The molecule has 0 bridgehead atoms. The lowest BCUT2D eigenvalue weighted by atomic mass is 10.1. The molecule has 1 aliphatic carbocycles. The Morgan fingerprint density at radius 2 is 1.80 bits per heavy atom. The van der Waals surface area contributed by atoms with Crippen molar-refractivity contribution in [1.82, 2.24) is 19.5 Å². The van der Waals surface area contributed by atoms with E-state index in [9.17, 15) is 18.5 Å². The number of likely N-dealkylation sites (tertiary alicyclic amines) is 1. The van der Waals surface area contributed by atoms with Crippen LogP contribution >= 0.6 is 19.4 Å². The van der Waals surface area contributed by atoms with E-state index in [1.807, 2.05) is 0 Å². The number of amides is 2. The van der Waals surface area contributed by atoms with Crippen LogP contribution in [-0.4, -0.2) is 55.3 Å². The molecule has 3 heterocycles. The molecule has 1 aliphatic heterocycles. The van der Waals surface area contributed by atoms with Gasteiger partial charge in [-0.1, -0.05) is 11.6 Å². The Morgan fingerprint density at radius 3 is 2.43 bits per heavy atom. The van der Waals surface area contributed by atoms with Crippen LogP contribution in [0.1, 0.15) is 66.4 Å². The fourth-order valence-electron chi connectivity index (χ4n) is 4.34. The third kappa shape index (κ3) is 7.83. The molecule has 2 aromatic heterocycles. The Balaban J connectivity index is 1.42. The summed E-state index contributed by atoms with van der Waals surface area (Å²) in [6.07, 6.45) is 4.82. The summed E-state index contributed by atoms with van der Waals surface area (Å²) in [7, 11) is -4.17. The number of rotatable bonds is 10. The van der Waals surface area contributed by atoms with E-state index in [1.54, 1.807) is 52.1 Å². The summed E-state index contributed by atoms with van der Waals surface area (Å²) < 4.78 is 46.2. The van der Waals surface area contributed by atoms with Crippen molar-refractivity contribution < 1.29 is 32.1 Å². The Hall–Kier alpha value is -3.35. The van der Waals surface area contributed by atoms with Crippen molar-refractivity contribution in [2.45, 2.75) is 78.0 Å². The maximum absolute atomic E-state index is 14.5. The van der Waals surface area contributed by atoms with Gasteiger partial charge in [-0.25, -0.2) is 13.9 Å². The van der Waals surface area contributed by atoms with Crippen molar-refractivity contribution in [1.29, 1.82) is 0 Å². The molecule has 1 saturated carbocycles. The van der Waals surface area contributed by atoms with E-state index < -0.39 is 43.4 Å². The number of imide groups is 1. The van der Waals surface area contributed by atoms with Crippen LogP contribution in [0.25, 0.3) is 11.7 Å². The topological polar surface area (TPSA) is 136 Å². The van der Waals surface area contributed by atoms with Crippen LogP contribution in [0, 0.1) is 5.82 Å². The number of aromatic nitrogens is 3. The largest absolute Gasteiger partial charge is 0.477 e. The zero-order valence-corrected chi connectivity index (χ0v) is 27.0. The second-order valence-corrected chi connectivity index (χ2v) is 14.6. The van der Waals surface area contributed by atoms with Gasteiger partial charge in [0.15, 0.2) is 5.65 Å². The van der Waals surface area contributed by atoms with Gasteiger partial charge in [0.05, 0.1) is 29.5 Å². The minimum atomic E-state index is -4.17. The number of benzene rings is 1. The maximum Gasteiger partial charge on any atom is 0.477 e.